The first-order valence-electron chi connectivity index (χ1n) is 42.9. The van der Waals surface area contributed by atoms with Crippen LogP contribution in [-0.4, -0.2) is 91.9 Å². The van der Waals surface area contributed by atoms with Gasteiger partial charge in [-0.1, -0.05) is 273 Å². The summed E-state index contributed by atoms with van der Waals surface area (Å²) >= 11 is 3.69. The van der Waals surface area contributed by atoms with Gasteiger partial charge in [-0.3, -0.25) is 26.7 Å². The van der Waals surface area contributed by atoms with E-state index in [4.69, 9.17) is 39.9 Å². The van der Waals surface area contributed by atoms with Gasteiger partial charge in [-0.25, -0.2) is 39.0 Å². The zero-order valence-electron chi connectivity index (χ0n) is 68.1. The molecule has 20 heteroatoms. The minimum atomic E-state index is -3.62. The first kappa shape index (κ1) is 71.1. The number of para-hydroxylation sites is 14. The molecule has 0 saturated heterocycles. The summed E-state index contributed by atoms with van der Waals surface area (Å²) in [7, 11) is -7.21. The van der Waals surface area contributed by atoms with E-state index in [0.717, 1.165) is 127 Å². The molecular weight excluding hydrogens is 1640 g/mol. The van der Waals surface area contributed by atoms with Gasteiger partial charge in [0.2, 0.25) is 51.2 Å². The molecule has 16 nitrogen and oxygen atoms in total. The van der Waals surface area contributed by atoms with Gasteiger partial charge in [0, 0.05) is 63.1 Å². The lowest BCUT2D eigenvalue weighted by atomic mass is 10.0. The Balaban J connectivity index is 0.659. The van der Waals surface area contributed by atoms with Gasteiger partial charge in [0.05, 0.1) is 88.3 Å². The van der Waals surface area contributed by atoms with E-state index in [1.54, 1.807) is 0 Å². The van der Waals surface area contributed by atoms with Crippen LogP contribution in [0, 0.1) is 0 Å². The smallest absolute Gasteiger partial charge is 0.238 e. The molecule has 16 aromatic carbocycles. The topological polar surface area (TPSA) is 140 Å². The van der Waals surface area contributed by atoms with Gasteiger partial charge in [-0.2, -0.15) is 9.97 Å². The number of fused-ring (bicyclic) bond motifs is 26. The minimum Gasteiger partial charge on any atom is -0.276 e. The number of rotatable bonds is 13. The van der Waals surface area contributed by atoms with Gasteiger partial charge in [-0.05, 0) is 158 Å². The van der Waals surface area contributed by atoms with Crippen LogP contribution in [0.5, 0.6) is 0 Å². The van der Waals surface area contributed by atoms with Crippen molar-refractivity contribution in [3.8, 4) is 34.7 Å². The SMILES string of the molecule is c1ccc([Si](c2ccccc2)(c2ccc3sc4cc(-c5ccc6c(c5)n5c7ccccc7nc5n6-c5nc(-n6c7ccccc7n7c8ccccc8nc67)cc([Si](c6ccccc6)(c6ccccc6)c6cccc7c6sc6ccccc67)n5)ccc4c3c2)c2cc(-n3c4ccccc4n4c5ccccc5nc34)nc(-n3c4ccccc4n4c5ccccc5nc34)n2)cc1. The molecule has 0 aliphatic rings. The van der Waals surface area contributed by atoms with Crippen LogP contribution in [-0.2, 0) is 0 Å². The first-order valence-corrected chi connectivity index (χ1v) is 48.5. The molecule has 0 fully saturated rings. The van der Waals surface area contributed by atoms with E-state index in [-0.39, 0.29) is 0 Å². The molecule has 0 unspecified atom stereocenters. The molecule has 0 amide bonds. The highest BCUT2D eigenvalue weighted by molar-refractivity contribution is 7.30. The van der Waals surface area contributed by atoms with Crippen LogP contribution in [0.3, 0.4) is 0 Å². The van der Waals surface area contributed by atoms with Crippen molar-refractivity contribution in [2.75, 3.05) is 0 Å². The van der Waals surface area contributed by atoms with Crippen molar-refractivity contribution in [1.29, 1.82) is 0 Å². The lowest BCUT2D eigenvalue weighted by Gasteiger charge is -2.34. The molecule has 0 aliphatic heterocycles. The Kier molecular flexibility index (Phi) is 15.0. The van der Waals surface area contributed by atoms with Crippen LogP contribution in [0.2, 0.25) is 0 Å². The van der Waals surface area contributed by atoms with Crippen LogP contribution in [0.15, 0.2) is 400 Å². The van der Waals surface area contributed by atoms with Crippen LogP contribution < -0.4 is 41.8 Å². The van der Waals surface area contributed by atoms with Crippen molar-refractivity contribution in [3.05, 3.63) is 400 Å². The number of hydrogen-bond acceptors (Lipinski definition) is 10. The Hall–Kier alpha value is -16.4. The average molecular weight is 1710 g/mol. The van der Waals surface area contributed by atoms with E-state index >= 15 is 0 Å². The predicted molar refractivity (Wildman–Crippen MR) is 528 cm³/mol. The molecule has 0 atom stereocenters. The number of benzene rings is 16. The van der Waals surface area contributed by atoms with E-state index in [2.05, 4.69) is 436 Å². The second-order valence-electron chi connectivity index (χ2n) is 33.0. The van der Waals surface area contributed by atoms with Gasteiger partial charge < -0.3 is 0 Å². The van der Waals surface area contributed by atoms with E-state index in [9.17, 15) is 0 Å². The van der Waals surface area contributed by atoms with Gasteiger partial charge in [0.25, 0.3) is 0 Å². The summed E-state index contributed by atoms with van der Waals surface area (Å²) in [5, 5.41) is 13.7. The lowest BCUT2D eigenvalue weighted by Crippen LogP contribution is -2.75. The normalized spacial score (nSPS) is 12.5. The fourth-order valence-electron chi connectivity index (χ4n) is 21.0. The van der Waals surface area contributed by atoms with Crippen molar-refractivity contribution in [2.45, 2.75) is 0 Å². The Morgan fingerprint density at radius 1 is 0.203 bits per heavy atom. The third-order valence-corrected chi connectivity index (χ3v) is 38.2. The second-order valence-corrected chi connectivity index (χ2v) is 42.6. The quantitative estimate of drug-likeness (QED) is 0.0821. The molecule has 0 spiro atoms. The molecule has 0 bridgehead atoms. The number of hydrogen-bond donors (Lipinski definition) is 0. The average Bonchev–Trinajstić information content (AvgIpc) is 1.63. The summed E-state index contributed by atoms with van der Waals surface area (Å²) in [4.78, 5) is 46.2. The molecule has 598 valence electrons. The second kappa shape index (κ2) is 27.1. The van der Waals surface area contributed by atoms with E-state index < -0.39 is 16.1 Å². The van der Waals surface area contributed by atoms with Crippen molar-refractivity contribution in [3.63, 3.8) is 0 Å². The van der Waals surface area contributed by atoms with Crippen LogP contribution in [0.4, 0.5) is 0 Å². The molecule has 0 saturated carbocycles. The maximum absolute atomic E-state index is 6.23. The third-order valence-electron chi connectivity index (χ3n) is 26.4. The maximum Gasteiger partial charge on any atom is 0.238 e. The standard InChI is InChI=1S/C108H66N16S2Si2/c1-5-30-69(31-6-1)127(70-32-7-2-8-33-70,100-65-98(121-89-51-25-22-48-86(89)117-82-44-18-14-40-78(82)109-105(117)121)113-103(115-100)123-91-53-27-24-50-88(91)119-84-46-20-16-42-80(84)111-107(119)123)73-58-61-95-77(64-73)75-59-56-68(63-96(75)125-95)67-57-60-92-93(62-67)120-85-47-21-17-43-81(85)112-108(120)124(92)104-114-99(122-90-52-26-23-49-87(90)118-83-45-19-15-41-79(83)110-106(118)122)66-101(116-104)128(71-34-9-3-10-35-71,72-36-11-4-12-37-72)97-55-29-39-76-74-38-13-28-54-94(74)126-102(76)97/h1-66H. The van der Waals surface area contributed by atoms with E-state index in [0.29, 0.717) is 35.1 Å². The van der Waals surface area contributed by atoms with Gasteiger partial charge in [-0.15, -0.1) is 22.7 Å². The molecular formula is C108H66N16S2Si2. The molecule has 28 aromatic rings. The van der Waals surface area contributed by atoms with Gasteiger partial charge in [0.1, 0.15) is 11.6 Å². The molecule has 128 heavy (non-hydrogen) atoms. The molecule has 0 aliphatic carbocycles. The molecule has 12 heterocycles. The predicted octanol–water partition coefficient (Wildman–Crippen LogP) is 19.4. The fourth-order valence-corrected chi connectivity index (χ4v) is 33.1. The maximum atomic E-state index is 6.23. The number of aromatic nitrogens is 16. The van der Waals surface area contributed by atoms with Crippen LogP contribution in [0.25, 0.3) is 186 Å². The number of thiophene rings is 2. The number of imidazole rings is 8. The van der Waals surface area contributed by atoms with Crippen molar-refractivity contribution in [1.82, 2.24) is 75.7 Å². The summed E-state index contributed by atoms with van der Waals surface area (Å²) in [5.74, 6) is 5.24. The molecule has 0 N–H and O–H groups in total. The van der Waals surface area contributed by atoms with Crippen molar-refractivity contribution in [2.24, 2.45) is 0 Å². The summed E-state index contributed by atoms with van der Waals surface area (Å²) in [6.07, 6.45) is 0. The highest BCUT2D eigenvalue weighted by Gasteiger charge is 2.48. The summed E-state index contributed by atoms with van der Waals surface area (Å²) < 4.78 is 22.8. The summed E-state index contributed by atoms with van der Waals surface area (Å²) in [6, 6.07) is 145. The molecule has 12 aromatic heterocycles. The Bertz CT molecular complexity index is 9280. The highest BCUT2D eigenvalue weighted by Crippen LogP contribution is 2.42. The largest absolute Gasteiger partial charge is 0.276 e. The Morgan fingerprint density at radius 3 is 1.07 bits per heavy atom. The Labute approximate surface area is 737 Å². The summed E-state index contributed by atoms with van der Waals surface area (Å²) in [6.45, 7) is 0. The minimum absolute atomic E-state index is 0.483. The van der Waals surface area contributed by atoms with E-state index in [1.807, 2.05) is 22.7 Å². The monoisotopic (exact) mass is 1710 g/mol. The number of nitrogens with zero attached hydrogens (tertiary/aromatic N) is 16. The molecule has 0 radical (unpaired) electrons. The third kappa shape index (κ3) is 9.95. The van der Waals surface area contributed by atoms with Crippen molar-refractivity contribution >= 4 is 232 Å². The molecule has 28 rings (SSSR count). The Morgan fingerprint density at radius 2 is 0.570 bits per heavy atom. The van der Waals surface area contributed by atoms with Crippen LogP contribution >= 0.6 is 22.7 Å². The van der Waals surface area contributed by atoms with Crippen LogP contribution in [0.1, 0.15) is 0 Å². The summed E-state index contributed by atoms with van der Waals surface area (Å²) in [5.41, 5.74) is 17.4. The zero-order valence-corrected chi connectivity index (χ0v) is 71.7. The lowest BCUT2D eigenvalue weighted by molar-refractivity contribution is 0.935. The van der Waals surface area contributed by atoms with Gasteiger partial charge >= 0.3 is 0 Å². The first-order chi connectivity index (χ1) is 63.5. The van der Waals surface area contributed by atoms with Gasteiger partial charge in [0.15, 0.2) is 0 Å². The van der Waals surface area contributed by atoms with Crippen molar-refractivity contribution < 1.29 is 0 Å². The van der Waals surface area contributed by atoms with E-state index in [1.165, 1.54) is 66.1 Å². The highest BCUT2D eigenvalue weighted by atomic mass is 32.1. The zero-order chi connectivity index (χ0) is 83.6. The fraction of sp³-hybridized carbons (Fsp3) is 0.